The number of nitrogen functional groups attached to an aromatic ring is 1. The highest BCUT2D eigenvalue weighted by atomic mass is 79.9. The van der Waals surface area contributed by atoms with Crippen LogP contribution < -0.4 is 10.5 Å². The third kappa shape index (κ3) is 3.49. The fraction of sp³-hybridized carbons (Fsp3) is 0.0526. The van der Waals surface area contributed by atoms with Crippen molar-refractivity contribution in [1.29, 1.82) is 5.26 Å². The summed E-state index contributed by atoms with van der Waals surface area (Å²) in [4.78, 5) is 4.34. The molecule has 3 rings (SSSR count). The molecule has 0 radical (unpaired) electrons. The predicted molar refractivity (Wildman–Crippen MR) is 109 cm³/mol. The summed E-state index contributed by atoms with van der Waals surface area (Å²) in [5.41, 5.74) is 9.04. The van der Waals surface area contributed by atoms with Gasteiger partial charge in [-0.2, -0.15) is 5.26 Å². The molecule has 1 heterocycles. The zero-order valence-electron chi connectivity index (χ0n) is 13.6. The normalized spacial score (nSPS) is 10.4. The number of nitrogens with two attached hydrogens (primary N) is 1. The van der Waals surface area contributed by atoms with Gasteiger partial charge in [-0.1, -0.05) is 29.3 Å². The van der Waals surface area contributed by atoms with E-state index in [0.717, 1.165) is 10.0 Å². The number of anilines is 1. The lowest BCUT2D eigenvalue weighted by atomic mass is 9.98. The van der Waals surface area contributed by atoms with Crippen molar-refractivity contribution in [2.75, 3.05) is 12.8 Å². The molecular weight excluding hydrogens is 437 g/mol. The summed E-state index contributed by atoms with van der Waals surface area (Å²) >= 11 is 15.7. The van der Waals surface area contributed by atoms with Crippen LogP contribution in [-0.2, 0) is 0 Å². The Morgan fingerprint density at radius 3 is 2.50 bits per heavy atom. The van der Waals surface area contributed by atoms with E-state index >= 15 is 0 Å². The minimum absolute atomic E-state index is 0.137. The number of ether oxygens (including phenoxy) is 1. The molecule has 4 nitrogen and oxygen atoms in total. The maximum absolute atomic E-state index is 9.53. The van der Waals surface area contributed by atoms with Gasteiger partial charge in [-0.05, 0) is 57.9 Å². The van der Waals surface area contributed by atoms with E-state index in [2.05, 4.69) is 27.0 Å². The summed E-state index contributed by atoms with van der Waals surface area (Å²) in [7, 11) is 1.59. The van der Waals surface area contributed by atoms with Gasteiger partial charge in [0, 0.05) is 16.1 Å². The van der Waals surface area contributed by atoms with Crippen LogP contribution in [0.15, 0.2) is 46.9 Å². The first kappa shape index (κ1) is 18.5. The molecule has 0 fully saturated rings. The molecule has 0 unspecified atom stereocenters. The Morgan fingerprint density at radius 1 is 1.12 bits per heavy atom. The number of rotatable bonds is 3. The van der Waals surface area contributed by atoms with E-state index in [1.165, 1.54) is 0 Å². The SMILES string of the molecule is COc1ccc(-c2cc(-c3ccc(Cl)cc3Cl)nc(N)c2C#N)cc1Br. The Hall–Kier alpha value is -2.26. The number of hydrogen-bond donors (Lipinski definition) is 1. The van der Waals surface area contributed by atoms with Crippen molar-refractivity contribution in [1.82, 2.24) is 4.98 Å². The van der Waals surface area contributed by atoms with Gasteiger partial charge in [0.05, 0.1) is 22.3 Å². The van der Waals surface area contributed by atoms with Gasteiger partial charge in [0.25, 0.3) is 0 Å². The van der Waals surface area contributed by atoms with Crippen LogP contribution in [0.1, 0.15) is 5.56 Å². The van der Waals surface area contributed by atoms with Crippen molar-refractivity contribution in [3.05, 3.63) is 62.5 Å². The van der Waals surface area contributed by atoms with E-state index in [4.69, 9.17) is 33.7 Å². The van der Waals surface area contributed by atoms with E-state index < -0.39 is 0 Å². The third-order valence-electron chi connectivity index (χ3n) is 3.83. The second-order valence-corrected chi connectivity index (χ2v) is 7.10. The highest BCUT2D eigenvalue weighted by Crippen LogP contribution is 2.37. The van der Waals surface area contributed by atoms with Crippen molar-refractivity contribution >= 4 is 44.9 Å². The van der Waals surface area contributed by atoms with E-state index in [0.29, 0.717) is 38.2 Å². The van der Waals surface area contributed by atoms with E-state index in [1.54, 1.807) is 31.4 Å². The summed E-state index contributed by atoms with van der Waals surface area (Å²) < 4.78 is 6.02. The molecule has 0 atom stereocenters. The summed E-state index contributed by atoms with van der Waals surface area (Å²) in [5, 5.41) is 10.5. The topological polar surface area (TPSA) is 71.9 Å². The van der Waals surface area contributed by atoms with E-state index in [1.807, 2.05) is 18.2 Å². The van der Waals surface area contributed by atoms with Gasteiger partial charge in [0.2, 0.25) is 0 Å². The van der Waals surface area contributed by atoms with E-state index in [9.17, 15) is 5.26 Å². The van der Waals surface area contributed by atoms with Gasteiger partial charge < -0.3 is 10.5 Å². The summed E-state index contributed by atoms with van der Waals surface area (Å²) in [6.45, 7) is 0. The van der Waals surface area contributed by atoms with Crippen molar-refractivity contribution in [2.45, 2.75) is 0 Å². The molecule has 2 N–H and O–H groups in total. The average Bonchev–Trinajstić information content (AvgIpc) is 2.61. The fourth-order valence-corrected chi connectivity index (χ4v) is 3.63. The average molecular weight is 449 g/mol. The van der Waals surface area contributed by atoms with Crippen molar-refractivity contribution in [3.8, 4) is 34.2 Å². The Bertz CT molecular complexity index is 1050. The quantitative estimate of drug-likeness (QED) is 0.537. The molecule has 0 bridgehead atoms. The van der Waals surface area contributed by atoms with Gasteiger partial charge in [-0.3, -0.25) is 0 Å². The maximum Gasteiger partial charge on any atom is 0.142 e. The predicted octanol–water partition coefficient (Wildman–Crippen LogP) is 5.95. The third-order valence-corrected chi connectivity index (χ3v) is 5.00. The summed E-state index contributed by atoms with van der Waals surface area (Å²) in [6.07, 6.45) is 0. The second-order valence-electron chi connectivity index (χ2n) is 5.40. The maximum atomic E-state index is 9.53. The van der Waals surface area contributed by atoms with Gasteiger partial charge in [-0.15, -0.1) is 0 Å². The van der Waals surface area contributed by atoms with Crippen LogP contribution in [0.25, 0.3) is 22.4 Å². The number of methoxy groups -OCH3 is 1. The lowest BCUT2D eigenvalue weighted by Gasteiger charge is -2.12. The lowest BCUT2D eigenvalue weighted by Crippen LogP contribution is -2.00. The van der Waals surface area contributed by atoms with Gasteiger partial charge >= 0.3 is 0 Å². The molecular formula is C19H12BrCl2N3O. The second kappa shape index (κ2) is 7.55. The number of nitriles is 1. The summed E-state index contributed by atoms with van der Waals surface area (Å²) in [5.74, 6) is 0.827. The van der Waals surface area contributed by atoms with Crippen molar-refractivity contribution < 1.29 is 4.74 Å². The van der Waals surface area contributed by atoms with Gasteiger partial charge in [0.15, 0.2) is 0 Å². The Labute approximate surface area is 169 Å². The lowest BCUT2D eigenvalue weighted by molar-refractivity contribution is 0.412. The standard InChI is InChI=1S/C19H12BrCl2N3O/c1-26-18-5-2-10(6-15(18)20)13-8-17(25-19(24)14(13)9-23)12-4-3-11(21)7-16(12)22/h2-8H,1H3,(H2,24,25). The highest BCUT2D eigenvalue weighted by Gasteiger charge is 2.16. The Balaban J connectivity index is 2.23. The molecule has 0 saturated heterocycles. The number of hydrogen-bond acceptors (Lipinski definition) is 4. The Kier molecular flexibility index (Phi) is 5.38. The molecule has 1 aromatic heterocycles. The van der Waals surface area contributed by atoms with Crippen LogP contribution in [0.4, 0.5) is 5.82 Å². The van der Waals surface area contributed by atoms with Crippen LogP contribution in [0, 0.1) is 11.3 Å². The zero-order chi connectivity index (χ0) is 18.8. The minimum Gasteiger partial charge on any atom is -0.496 e. The molecule has 7 heteroatoms. The number of nitrogens with zero attached hydrogens (tertiary/aromatic N) is 2. The molecule has 0 amide bonds. The first-order chi connectivity index (χ1) is 12.4. The van der Waals surface area contributed by atoms with Crippen LogP contribution in [0.2, 0.25) is 10.0 Å². The molecule has 2 aromatic carbocycles. The molecule has 3 aromatic rings. The highest BCUT2D eigenvalue weighted by molar-refractivity contribution is 9.10. The Morgan fingerprint density at radius 2 is 1.88 bits per heavy atom. The van der Waals surface area contributed by atoms with Crippen molar-refractivity contribution in [2.24, 2.45) is 0 Å². The first-order valence-electron chi connectivity index (χ1n) is 7.44. The van der Waals surface area contributed by atoms with E-state index in [-0.39, 0.29) is 5.82 Å². The molecule has 0 spiro atoms. The largest absolute Gasteiger partial charge is 0.496 e. The number of pyridine rings is 1. The number of halogens is 3. The van der Waals surface area contributed by atoms with Crippen LogP contribution >= 0.6 is 39.1 Å². The number of benzene rings is 2. The molecule has 0 saturated carbocycles. The monoisotopic (exact) mass is 447 g/mol. The molecule has 0 aliphatic rings. The molecule has 0 aliphatic carbocycles. The molecule has 130 valence electrons. The van der Waals surface area contributed by atoms with Crippen LogP contribution in [0.5, 0.6) is 5.75 Å². The minimum atomic E-state index is 0.137. The van der Waals surface area contributed by atoms with Crippen molar-refractivity contribution in [3.63, 3.8) is 0 Å². The number of aromatic nitrogens is 1. The summed E-state index contributed by atoms with van der Waals surface area (Å²) in [6, 6.07) is 14.6. The van der Waals surface area contributed by atoms with Crippen LogP contribution in [0.3, 0.4) is 0 Å². The zero-order valence-corrected chi connectivity index (χ0v) is 16.7. The van der Waals surface area contributed by atoms with Gasteiger partial charge in [0.1, 0.15) is 23.2 Å². The van der Waals surface area contributed by atoms with Gasteiger partial charge in [-0.25, -0.2) is 4.98 Å². The fourth-order valence-electron chi connectivity index (χ4n) is 2.58. The molecule has 0 aliphatic heterocycles. The first-order valence-corrected chi connectivity index (χ1v) is 8.99. The molecule has 26 heavy (non-hydrogen) atoms. The van der Waals surface area contributed by atoms with Crippen LogP contribution in [-0.4, -0.2) is 12.1 Å². The smallest absolute Gasteiger partial charge is 0.142 e.